The molecule has 1 aliphatic rings. The van der Waals surface area contributed by atoms with Crippen LogP contribution >= 0.6 is 11.3 Å². The average molecular weight is 261 g/mol. The number of nitrogens with one attached hydrogen (secondary N) is 1. The second-order valence-electron chi connectivity index (χ2n) is 5.02. The van der Waals surface area contributed by atoms with Gasteiger partial charge in [0.15, 0.2) is 0 Å². The van der Waals surface area contributed by atoms with E-state index in [1.165, 1.54) is 29.0 Å². The highest BCUT2D eigenvalue weighted by molar-refractivity contribution is 7.10. The first kappa shape index (κ1) is 11.9. The van der Waals surface area contributed by atoms with Gasteiger partial charge >= 0.3 is 0 Å². The van der Waals surface area contributed by atoms with Crippen LogP contribution in [0.1, 0.15) is 48.0 Å². The smallest absolute Gasteiger partial charge is 0.0540 e. The normalized spacial score (nSPS) is 20.7. The van der Waals surface area contributed by atoms with E-state index in [9.17, 15) is 0 Å². The molecule has 0 bridgehead atoms. The van der Waals surface area contributed by atoms with Gasteiger partial charge in [-0.05, 0) is 37.6 Å². The molecule has 3 rings (SSSR count). The van der Waals surface area contributed by atoms with Crippen molar-refractivity contribution in [1.29, 1.82) is 0 Å². The molecule has 1 N–H and O–H groups in total. The van der Waals surface area contributed by atoms with Crippen LogP contribution in [-0.4, -0.2) is 9.78 Å². The molecule has 1 unspecified atom stereocenters. The number of hydrogen-bond donors (Lipinski definition) is 1. The lowest BCUT2D eigenvalue weighted by molar-refractivity contribution is 0.414. The van der Waals surface area contributed by atoms with Gasteiger partial charge in [0, 0.05) is 35.3 Å². The molecule has 0 saturated carbocycles. The molecule has 18 heavy (non-hydrogen) atoms. The van der Waals surface area contributed by atoms with E-state index in [1.807, 2.05) is 29.3 Å². The van der Waals surface area contributed by atoms with Gasteiger partial charge in [-0.3, -0.25) is 4.68 Å². The molecule has 0 aliphatic heterocycles. The van der Waals surface area contributed by atoms with Crippen molar-refractivity contribution in [3.63, 3.8) is 0 Å². The molecule has 4 heteroatoms. The van der Waals surface area contributed by atoms with Gasteiger partial charge in [-0.15, -0.1) is 11.3 Å². The summed E-state index contributed by atoms with van der Waals surface area (Å²) in [6.07, 6.45) is 5.67. The topological polar surface area (TPSA) is 29.9 Å². The summed E-state index contributed by atoms with van der Waals surface area (Å²) in [4.78, 5) is 1.41. The summed E-state index contributed by atoms with van der Waals surface area (Å²) in [6.45, 7) is 2.25. The van der Waals surface area contributed by atoms with E-state index in [2.05, 4.69) is 34.9 Å². The Morgan fingerprint density at radius 1 is 1.56 bits per heavy atom. The minimum Gasteiger partial charge on any atom is -0.302 e. The van der Waals surface area contributed by atoms with Gasteiger partial charge in [0.1, 0.15) is 0 Å². The van der Waals surface area contributed by atoms with Crippen molar-refractivity contribution in [3.8, 4) is 0 Å². The first-order chi connectivity index (χ1) is 8.75. The van der Waals surface area contributed by atoms with Crippen LogP contribution in [0.25, 0.3) is 0 Å². The average Bonchev–Trinajstić information content (AvgIpc) is 3.00. The standard InChI is InChI=1S/C14H19N3S/c1-10(14-7-4-8-18-14)16-12-5-3-6-13-11(12)9-15-17(13)2/h4,7-10,12,16H,3,5-6H2,1-2H3/t10-,12?/m0/s1. The second-order valence-corrected chi connectivity index (χ2v) is 6.00. The van der Waals surface area contributed by atoms with Crippen LogP contribution in [0.2, 0.25) is 0 Å². The van der Waals surface area contributed by atoms with Gasteiger partial charge in [0.2, 0.25) is 0 Å². The van der Waals surface area contributed by atoms with Crippen molar-refractivity contribution < 1.29 is 0 Å². The molecular formula is C14H19N3S. The Balaban J connectivity index is 1.78. The van der Waals surface area contributed by atoms with E-state index in [1.54, 1.807) is 0 Å². The lowest BCUT2D eigenvalue weighted by Gasteiger charge is -2.26. The summed E-state index contributed by atoms with van der Waals surface area (Å²) in [5, 5.41) is 10.3. The molecule has 0 spiro atoms. The Labute approximate surface area is 112 Å². The third-order valence-electron chi connectivity index (χ3n) is 3.80. The molecule has 0 aromatic carbocycles. The first-order valence-corrected chi connectivity index (χ1v) is 7.44. The number of thiophene rings is 1. The molecule has 0 saturated heterocycles. The summed E-state index contributed by atoms with van der Waals surface area (Å²) in [6, 6.07) is 5.20. The predicted octanol–water partition coefficient (Wildman–Crippen LogP) is 3.21. The third-order valence-corrected chi connectivity index (χ3v) is 4.85. The van der Waals surface area contributed by atoms with Gasteiger partial charge in [-0.25, -0.2) is 0 Å². The summed E-state index contributed by atoms with van der Waals surface area (Å²) in [7, 11) is 2.05. The predicted molar refractivity (Wildman–Crippen MR) is 74.8 cm³/mol. The van der Waals surface area contributed by atoms with Crippen LogP contribution < -0.4 is 5.32 Å². The van der Waals surface area contributed by atoms with Gasteiger partial charge in [-0.2, -0.15) is 5.10 Å². The Kier molecular flexibility index (Phi) is 3.22. The quantitative estimate of drug-likeness (QED) is 0.919. The van der Waals surface area contributed by atoms with Crippen molar-refractivity contribution in [2.24, 2.45) is 7.05 Å². The van der Waals surface area contributed by atoms with Crippen LogP contribution in [0, 0.1) is 0 Å². The van der Waals surface area contributed by atoms with E-state index < -0.39 is 0 Å². The summed E-state index contributed by atoms with van der Waals surface area (Å²) in [5.74, 6) is 0. The molecule has 0 radical (unpaired) electrons. The SMILES string of the molecule is C[C@H](NC1CCCc2c1cnn2C)c1cccs1. The zero-order valence-electron chi connectivity index (χ0n) is 10.9. The van der Waals surface area contributed by atoms with Crippen LogP contribution in [0.5, 0.6) is 0 Å². The van der Waals surface area contributed by atoms with Crippen molar-refractivity contribution in [2.75, 3.05) is 0 Å². The summed E-state index contributed by atoms with van der Waals surface area (Å²) in [5.41, 5.74) is 2.80. The maximum absolute atomic E-state index is 4.40. The summed E-state index contributed by atoms with van der Waals surface area (Å²) >= 11 is 1.82. The highest BCUT2D eigenvalue weighted by Crippen LogP contribution is 2.31. The Bertz CT molecular complexity index is 515. The highest BCUT2D eigenvalue weighted by atomic mass is 32.1. The van der Waals surface area contributed by atoms with Gasteiger partial charge in [0.25, 0.3) is 0 Å². The molecule has 0 amide bonds. The third kappa shape index (κ3) is 2.10. The second kappa shape index (κ2) is 4.86. The fraction of sp³-hybridized carbons (Fsp3) is 0.500. The number of rotatable bonds is 3. The van der Waals surface area contributed by atoms with E-state index in [-0.39, 0.29) is 0 Å². The fourth-order valence-electron chi connectivity index (χ4n) is 2.80. The lowest BCUT2D eigenvalue weighted by atomic mass is 9.92. The molecule has 96 valence electrons. The van der Waals surface area contributed by atoms with E-state index >= 15 is 0 Å². The van der Waals surface area contributed by atoms with Crippen LogP contribution in [0.4, 0.5) is 0 Å². The zero-order chi connectivity index (χ0) is 12.5. The maximum atomic E-state index is 4.40. The Hall–Kier alpha value is -1.13. The number of nitrogens with zero attached hydrogens (tertiary/aromatic N) is 2. The molecule has 3 nitrogen and oxygen atoms in total. The molecular weight excluding hydrogens is 242 g/mol. The molecule has 2 atom stereocenters. The monoisotopic (exact) mass is 261 g/mol. The largest absolute Gasteiger partial charge is 0.302 e. The number of aryl methyl sites for hydroxylation is 1. The zero-order valence-corrected chi connectivity index (χ0v) is 11.7. The minimum atomic E-state index is 0.418. The molecule has 2 aromatic heterocycles. The van der Waals surface area contributed by atoms with E-state index in [0.717, 1.165) is 6.42 Å². The van der Waals surface area contributed by atoms with E-state index in [0.29, 0.717) is 12.1 Å². The molecule has 0 fully saturated rings. The summed E-state index contributed by atoms with van der Waals surface area (Å²) < 4.78 is 2.03. The van der Waals surface area contributed by atoms with Crippen molar-refractivity contribution in [3.05, 3.63) is 39.8 Å². The number of hydrogen-bond acceptors (Lipinski definition) is 3. The minimum absolute atomic E-state index is 0.418. The van der Waals surface area contributed by atoms with Crippen molar-refractivity contribution in [1.82, 2.24) is 15.1 Å². The van der Waals surface area contributed by atoms with Gasteiger partial charge in [0.05, 0.1) is 6.20 Å². The molecule has 2 aromatic rings. The van der Waals surface area contributed by atoms with Gasteiger partial charge < -0.3 is 5.32 Å². The highest BCUT2D eigenvalue weighted by Gasteiger charge is 2.24. The van der Waals surface area contributed by atoms with Crippen LogP contribution in [0.3, 0.4) is 0 Å². The van der Waals surface area contributed by atoms with E-state index in [4.69, 9.17) is 0 Å². The number of fused-ring (bicyclic) bond motifs is 1. The first-order valence-electron chi connectivity index (χ1n) is 6.56. The van der Waals surface area contributed by atoms with Crippen molar-refractivity contribution in [2.45, 2.75) is 38.3 Å². The van der Waals surface area contributed by atoms with Crippen molar-refractivity contribution >= 4 is 11.3 Å². The maximum Gasteiger partial charge on any atom is 0.0540 e. The fourth-order valence-corrected chi connectivity index (χ4v) is 3.54. The van der Waals surface area contributed by atoms with Crippen LogP contribution in [0.15, 0.2) is 23.7 Å². The Morgan fingerprint density at radius 3 is 3.22 bits per heavy atom. The van der Waals surface area contributed by atoms with Gasteiger partial charge in [-0.1, -0.05) is 6.07 Å². The Morgan fingerprint density at radius 2 is 2.44 bits per heavy atom. The van der Waals surface area contributed by atoms with Crippen LogP contribution in [-0.2, 0) is 13.5 Å². The molecule has 2 heterocycles. The molecule has 1 aliphatic carbocycles. The lowest BCUT2D eigenvalue weighted by Crippen LogP contribution is -2.27. The number of aromatic nitrogens is 2.